The van der Waals surface area contributed by atoms with Crippen molar-refractivity contribution in [3.8, 4) is 0 Å². The lowest BCUT2D eigenvalue weighted by molar-refractivity contribution is 0.270. The molecule has 2 N–H and O–H groups in total. The van der Waals surface area contributed by atoms with Crippen LogP contribution in [-0.2, 0) is 0 Å². The van der Waals surface area contributed by atoms with Crippen LogP contribution in [0.15, 0.2) is 0 Å². The molecule has 0 heterocycles. The molecule has 0 aromatic carbocycles. The molecular formula is C11H27N3Si. The van der Waals surface area contributed by atoms with Gasteiger partial charge >= 0.3 is 0 Å². The number of hydrogen-bond donors (Lipinski definition) is 2. The maximum absolute atomic E-state index is 3.57. The summed E-state index contributed by atoms with van der Waals surface area (Å²) in [6, 6.07) is 2.01. The van der Waals surface area contributed by atoms with Gasteiger partial charge in [-0.05, 0) is 40.0 Å². The molecule has 0 atom stereocenters. The third-order valence-corrected chi connectivity index (χ3v) is 8.31. The van der Waals surface area contributed by atoms with Crippen LogP contribution in [0, 0.1) is 0 Å². The Hall–Kier alpha value is 0.0969. The van der Waals surface area contributed by atoms with Crippen LogP contribution in [-0.4, -0.2) is 40.3 Å². The summed E-state index contributed by atoms with van der Waals surface area (Å²) < 4.78 is 2.63. The van der Waals surface area contributed by atoms with Crippen LogP contribution in [0.25, 0.3) is 0 Å². The normalized spacial score (nSPS) is 19.8. The molecular weight excluding hydrogens is 202 g/mol. The van der Waals surface area contributed by atoms with Gasteiger partial charge in [0.25, 0.3) is 8.56 Å². The van der Waals surface area contributed by atoms with Gasteiger partial charge in [0, 0.05) is 6.04 Å². The average molecular weight is 229 g/mol. The molecule has 90 valence electrons. The summed E-state index contributed by atoms with van der Waals surface area (Å²) in [6.07, 6.45) is 7.03. The van der Waals surface area contributed by atoms with Crippen LogP contribution in [0.1, 0.15) is 39.0 Å². The third kappa shape index (κ3) is 2.81. The molecule has 0 aromatic rings. The van der Waals surface area contributed by atoms with Gasteiger partial charge in [0.05, 0.1) is 0 Å². The van der Waals surface area contributed by atoms with E-state index in [-0.39, 0.29) is 0 Å². The summed E-state index contributed by atoms with van der Waals surface area (Å²) in [5, 5.41) is 0. The van der Waals surface area contributed by atoms with Gasteiger partial charge in [-0.15, -0.1) is 0 Å². The molecule has 3 nitrogen and oxygen atoms in total. The van der Waals surface area contributed by atoms with Crippen LogP contribution in [0.5, 0.6) is 0 Å². The highest BCUT2D eigenvalue weighted by Gasteiger charge is 2.37. The van der Waals surface area contributed by atoms with Crippen molar-refractivity contribution in [2.24, 2.45) is 0 Å². The van der Waals surface area contributed by atoms with Crippen molar-refractivity contribution < 1.29 is 0 Å². The maximum Gasteiger partial charge on any atom is 0.283 e. The summed E-state index contributed by atoms with van der Waals surface area (Å²) in [4.78, 5) is 7.13. The first-order chi connectivity index (χ1) is 7.20. The number of rotatable bonds is 5. The van der Waals surface area contributed by atoms with E-state index in [0.29, 0.717) is 0 Å². The Labute approximate surface area is 95.9 Å². The van der Waals surface area contributed by atoms with E-state index in [1.807, 2.05) is 0 Å². The molecule has 1 aliphatic rings. The van der Waals surface area contributed by atoms with E-state index in [0.717, 1.165) is 6.04 Å². The highest BCUT2D eigenvalue weighted by atomic mass is 28.4. The van der Waals surface area contributed by atoms with Gasteiger partial charge in [-0.3, -0.25) is 4.57 Å². The zero-order valence-electron chi connectivity index (χ0n) is 10.8. The van der Waals surface area contributed by atoms with Crippen molar-refractivity contribution in [1.82, 2.24) is 14.5 Å². The van der Waals surface area contributed by atoms with Crippen LogP contribution >= 0.6 is 0 Å². The second-order valence-electron chi connectivity index (χ2n) is 4.62. The molecule has 0 radical (unpaired) electrons. The van der Waals surface area contributed by atoms with Gasteiger partial charge in [-0.25, -0.2) is 0 Å². The topological polar surface area (TPSA) is 27.3 Å². The van der Waals surface area contributed by atoms with E-state index >= 15 is 0 Å². The minimum atomic E-state index is -1.57. The lowest BCUT2D eigenvalue weighted by Crippen LogP contribution is -2.72. The second kappa shape index (κ2) is 5.99. The number of hydrogen-bond acceptors (Lipinski definition) is 3. The predicted molar refractivity (Wildman–Crippen MR) is 69.0 cm³/mol. The van der Waals surface area contributed by atoms with Gasteiger partial charge < -0.3 is 9.96 Å². The lowest BCUT2D eigenvalue weighted by atomic mass is 9.96. The minimum absolute atomic E-state index is 0.797. The van der Waals surface area contributed by atoms with Crippen molar-refractivity contribution in [3.05, 3.63) is 0 Å². The van der Waals surface area contributed by atoms with E-state index in [2.05, 4.69) is 42.6 Å². The molecule has 0 saturated heterocycles. The molecule has 15 heavy (non-hydrogen) atoms. The Morgan fingerprint density at radius 3 is 2.07 bits per heavy atom. The average Bonchev–Trinajstić information content (AvgIpc) is 2.33. The highest BCUT2D eigenvalue weighted by molar-refractivity contribution is 6.72. The first-order valence-corrected chi connectivity index (χ1v) is 8.46. The summed E-state index contributed by atoms with van der Waals surface area (Å²) in [6.45, 7) is 2.29. The van der Waals surface area contributed by atoms with Gasteiger partial charge in [0.15, 0.2) is 0 Å². The van der Waals surface area contributed by atoms with Crippen molar-refractivity contribution >= 4 is 8.56 Å². The first kappa shape index (κ1) is 13.2. The first-order valence-electron chi connectivity index (χ1n) is 6.31. The second-order valence-corrected chi connectivity index (χ2v) is 8.75. The van der Waals surface area contributed by atoms with E-state index in [1.165, 1.54) is 38.1 Å². The van der Waals surface area contributed by atoms with Gasteiger partial charge in [0.1, 0.15) is 0 Å². The molecule has 0 unspecified atom stereocenters. The fourth-order valence-corrected chi connectivity index (χ4v) is 5.90. The summed E-state index contributed by atoms with van der Waals surface area (Å²) in [5.41, 5.74) is 0. The maximum atomic E-state index is 3.57. The van der Waals surface area contributed by atoms with E-state index in [4.69, 9.17) is 0 Å². The van der Waals surface area contributed by atoms with Crippen LogP contribution in [0.3, 0.4) is 0 Å². The Kier molecular flexibility index (Phi) is 5.25. The smallest absolute Gasteiger partial charge is 0.283 e. The van der Waals surface area contributed by atoms with Gasteiger partial charge in [-0.1, -0.05) is 26.2 Å². The van der Waals surface area contributed by atoms with Crippen molar-refractivity contribution in [2.75, 3.05) is 21.1 Å². The summed E-state index contributed by atoms with van der Waals surface area (Å²) >= 11 is 0. The Balaban J connectivity index is 2.65. The fraction of sp³-hybridized carbons (Fsp3) is 1.00. The Morgan fingerprint density at radius 1 is 1.13 bits per heavy atom. The lowest BCUT2D eigenvalue weighted by Gasteiger charge is -2.44. The zero-order valence-corrected chi connectivity index (χ0v) is 11.8. The highest BCUT2D eigenvalue weighted by Crippen LogP contribution is 2.24. The molecule has 0 amide bonds. The summed E-state index contributed by atoms with van der Waals surface area (Å²) in [7, 11) is 4.93. The largest absolute Gasteiger partial charge is 0.316 e. The molecule has 1 fully saturated rings. The zero-order chi connectivity index (χ0) is 11.3. The van der Waals surface area contributed by atoms with Gasteiger partial charge in [-0.2, -0.15) is 0 Å². The molecule has 0 aliphatic heterocycles. The van der Waals surface area contributed by atoms with Crippen LogP contribution in [0.2, 0.25) is 6.04 Å². The van der Waals surface area contributed by atoms with Gasteiger partial charge in [0.2, 0.25) is 0 Å². The summed E-state index contributed by atoms with van der Waals surface area (Å²) in [5.74, 6) is 0. The van der Waals surface area contributed by atoms with Crippen LogP contribution in [0.4, 0.5) is 0 Å². The molecule has 1 rings (SSSR count). The molecule has 0 bridgehead atoms. The van der Waals surface area contributed by atoms with Crippen molar-refractivity contribution in [1.29, 1.82) is 0 Å². The number of nitrogens with one attached hydrogen (secondary N) is 2. The van der Waals surface area contributed by atoms with Crippen LogP contribution < -0.4 is 9.96 Å². The quantitative estimate of drug-likeness (QED) is 0.702. The molecule has 0 spiro atoms. The predicted octanol–water partition coefficient (Wildman–Crippen LogP) is 1.65. The Morgan fingerprint density at radius 2 is 1.67 bits per heavy atom. The van der Waals surface area contributed by atoms with Crippen molar-refractivity contribution in [3.63, 3.8) is 0 Å². The van der Waals surface area contributed by atoms with Crippen molar-refractivity contribution in [2.45, 2.75) is 51.1 Å². The third-order valence-electron chi connectivity index (χ3n) is 4.06. The van der Waals surface area contributed by atoms with E-state index < -0.39 is 8.56 Å². The molecule has 0 aromatic heterocycles. The molecule has 1 saturated carbocycles. The minimum Gasteiger partial charge on any atom is -0.316 e. The Bertz CT molecular complexity index is 168. The fourth-order valence-electron chi connectivity index (χ4n) is 2.86. The molecule has 1 aliphatic carbocycles. The van der Waals surface area contributed by atoms with E-state index in [9.17, 15) is 0 Å². The SMILES string of the molecule is CC[Si](NC)(NC)N(C)C1CCCCC1. The number of nitrogens with zero attached hydrogens (tertiary/aromatic N) is 1. The molecule has 4 heteroatoms. The monoisotopic (exact) mass is 229 g/mol. The van der Waals surface area contributed by atoms with E-state index in [1.54, 1.807) is 0 Å². The standard InChI is InChI=1S/C11H27N3Si/c1-5-15(12-2,13-3)14(4)11-9-7-6-8-10-11/h11-13H,5-10H2,1-4H3.